The van der Waals surface area contributed by atoms with Crippen LogP contribution >= 0.6 is 11.3 Å². The number of aryl methyl sites for hydroxylation is 2. The van der Waals surface area contributed by atoms with E-state index in [1.165, 1.54) is 35.6 Å². The summed E-state index contributed by atoms with van der Waals surface area (Å²) in [4.78, 5) is 16.4. The number of anilines is 1. The van der Waals surface area contributed by atoms with Crippen molar-refractivity contribution in [2.45, 2.75) is 20.8 Å². The largest absolute Gasteiger partial charge is 0.322 e. The Balaban J connectivity index is 2.00. The fraction of sp³-hybridized carbons (Fsp3) is 0.143. The summed E-state index contributed by atoms with van der Waals surface area (Å²) in [6.45, 7) is 5.48. The zero-order valence-corrected chi connectivity index (χ0v) is 15.7. The van der Waals surface area contributed by atoms with Gasteiger partial charge in [-0.15, -0.1) is 11.3 Å². The van der Waals surface area contributed by atoms with E-state index in [2.05, 4.69) is 22.1 Å². The monoisotopic (exact) mass is 366 g/mol. The summed E-state index contributed by atoms with van der Waals surface area (Å²) in [6.07, 6.45) is 5.63. The molecule has 2 rings (SSSR count). The van der Waals surface area contributed by atoms with Crippen molar-refractivity contribution < 1.29 is 9.18 Å². The number of amides is 1. The second-order valence-electron chi connectivity index (χ2n) is 5.42. The van der Waals surface area contributed by atoms with Gasteiger partial charge in [-0.1, -0.05) is 35.8 Å². The van der Waals surface area contributed by atoms with Crippen molar-refractivity contribution in [3.63, 3.8) is 0 Å². The molecular weight excluding hydrogens is 347 g/mol. The van der Waals surface area contributed by atoms with E-state index in [9.17, 15) is 9.18 Å². The van der Waals surface area contributed by atoms with Crippen molar-refractivity contribution >= 4 is 22.9 Å². The normalized spacial score (nSPS) is 12.0. The van der Waals surface area contributed by atoms with Gasteiger partial charge in [0.15, 0.2) is 0 Å². The molecule has 0 aliphatic carbocycles. The number of thiazole rings is 1. The van der Waals surface area contributed by atoms with E-state index in [0.29, 0.717) is 11.4 Å². The van der Waals surface area contributed by atoms with E-state index in [1.54, 1.807) is 19.1 Å². The first kappa shape index (κ1) is 19.4. The number of allylic oxidation sites excluding steroid dienone is 4. The average Bonchev–Trinajstić information content (AvgIpc) is 3.02. The number of halogens is 1. The molecule has 1 amide bonds. The first-order valence-electron chi connectivity index (χ1n) is 8.00. The number of benzene rings is 1. The maximum atomic E-state index is 14.3. The molecule has 5 heteroatoms. The van der Waals surface area contributed by atoms with Crippen LogP contribution in [0.2, 0.25) is 0 Å². The lowest BCUT2D eigenvalue weighted by Crippen LogP contribution is -2.14. The summed E-state index contributed by atoms with van der Waals surface area (Å²) >= 11 is 1.52. The summed E-state index contributed by atoms with van der Waals surface area (Å²) in [7, 11) is 0. The van der Waals surface area contributed by atoms with Gasteiger partial charge in [0.1, 0.15) is 11.5 Å². The van der Waals surface area contributed by atoms with Gasteiger partial charge in [-0.25, -0.2) is 9.37 Å². The zero-order chi connectivity index (χ0) is 18.9. The number of carbonyl (C=O) groups is 1. The third-order valence-electron chi connectivity index (χ3n) is 3.34. The Morgan fingerprint density at radius 2 is 2.00 bits per heavy atom. The van der Waals surface area contributed by atoms with E-state index in [4.69, 9.17) is 0 Å². The minimum Gasteiger partial charge on any atom is -0.322 e. The van der Waals surface area contributed by atoms with Crippen LogP contribution in [-0.4, -0.2) is 10.9 Å². The highest BCUT2D eigenvalue weighted by Gasteiger charge is 2.13. The Labute approximate surface area is 157 Å². The quantitative estimate of drug-likeness (QED) is 0.464. The van der Waals surface area contributed by atoms with Crippen LogP contribution in [0.3, 0.4) is 0 Å². The zero-order valence-electron chi connectivity index (χ0n) is 14.8. The van der Waals surface area contributed by atoms with Crippen LogP contribution in [0, 0.1) is 25.7 Å². The molecule has 1 N–H and O–H groups in total. The van der Waals surface area contributed by atoms with Gasteiger partial charge < -0.3 is 5.32 Å². The molecule has 0 saturated carbocycles. The molecule has 1 aromatic heterocycles. The Hall–Kier alpha value is -2.97. The van der Waals surface area contributed by atoms with E-state index in [0.717, 1.165) is 10.6 Å². The smallest absolute Gasteiger partial charge is 0.258 e. The van der Waals surface area contributed by atoms with Crippen LogP contribution in [0.15, 0.2) is 65.3 Å². The van der Waals surface area contributed by atoms with E-state index < -0.39 is 11.7 Å². The van der Waals surface area contributed by atoms with Crippen molar-refractivity contribution in [3.8, 4) is 11.8 Å². The Kier molecular flexibility index (Phi) is 7.07. The minimum atomic E-state index is -0.625. The highest BCUT2D eigenvalue weighted by atomic mass is 32.1. The van der Waals surface area contributed by atoms with Crippen molar-refractivity contribution in [1.29, 1.82) is 0 Å². The summed E-state index contributed by atoms with van der Waals surface area (Å²) in [6, 6.07) is 7.31. The topological polar surface area (TPSA) is 42.0 Å². The second kappa shape index (κ2) is 9.50. The molecule has 0 unspecified atom stereocenters. The molecule has 0 aliphatic rings. The van der Waals surface area contributed by atoms with Gasteiger partial charge in [0, 0.05) is 11.1 Å². The van der Waals surface area contributed by atoms with Gasteiger partial charge in [0.25, 0.3) is 5.91 Å². The van der Waals surface area contributed by atoms with Crippen LogP contribution in [0.25, 0.3) is 0 Å². The average molecular weight is 366 g/mol. The standard InChI is InChI=1S/C21H19FN2OS/c1-4-19(21(25)24-17-12-10-15(2)11-13-17)20(22)9-7-5-6-8-18-14-26-16(3)23-18/h4-5,7,9-14H,1-3H3,(H,24,25)/b7-5+,19-4+,20-9+. The predicted molar refractivity (Wildman–Crippen MR) is 106 cm³/mol. The maximum Gasteiger partial charge on any atom is 0.258 e. The molecule has 0 bridgehead atoms. The molecule has 3 nitrogen and oxygen atoms in total. The number of hydrogen-bond acceptors (Lipinski definition) is 3. The summed E-state index contributed by atoms with van der Waals surface area (Å²) in [5.41, 5.74) is 2.36. The molecule has 1 aromatic carbocycles. The van der Waals surface area contributed by atoms with E-state index >= 15 is 0 Å². The van der Waals surface area contributed by atoms with Crippen molar-refractivity contribution in [3.05, 3.63) is 81.6 Å². The molecule has 0 atom stereocenters. The molecule has 0 saturated heterocycles. The van der Waals surface area contributed by atoms with Gasteiger partial charge in [-0.3, -0.25) is 4.79 Å². The number of aromatic nitrogens is 1. The lowest BCUT2D eigenvalue weighted by atomic mass is 10.1. The molecule has 0 fully saturated rings. The van der Waals surface area contributed by atoms with Crippen LogP contribution < -0.4 is 5.32 Å². The number of nitrogens with one attached hydrogen (secondary N) is 1. The maximum absolute atomic E-state index is 14.3. The van der Waals surface area contributed by atoms with E-state index in [1.807, 2.05) is 31.4 Å². The van der Waals surface area contributed by atoms with Crippen molar-refractivity contribution in [1.82, 2.24) is 4.98 Å². The van der Waals surface area contributed by atoms with Crippen LogP contribution in [-0.2, 0) is 4.79 Å². The second-order valence-corrected chi connectivity index (χ2v) is 6.48. The summed E-state index contributed by atoms with van der Waals surface area (Å²) < 4.78 is 14.3. The SMILES string of the molecule is C\C=C(C(=O)Nc1ccc(C)cc1)/C(F)=C\C=C\C#Cc1csc(C)n1. The molecule has 0 radical (unpaired) electrons. The Bertz CT molecular complexity index is 925. The highest BCUT2D eigenvalue weighted by molar-refractivity contribution is 7.09. The lowest BCUT2D eigenvalue weighted by Gasteiger charge is -2.07. The molecule has 2 aromatic rings. The minimum absolute atomic E-state index is 0.0293. The number of carbonyl (C=O) groups excluding carboxylic acids is 1. The van der Waals surface area contributed by atoms with Crippen molar-refractivity contribution in [2.24, 2.45) is 0 Å². The highest BCUT2D eigenvalue weighted by Crippen LogP contribution is 2.16. The number of hydrogen-bond donors (Lipinski definition) is 1. The fourth-order valence-corrected chi connectivity index (χ4v) is 2.56. The van der Waals surface area contributed by atoms with E-state index in [-0.39, 0.29) is 5.57 Å². The van der Waals surface area contributed by atoms with Crippen LogP contribution in [0.4, 0.5) is 10.1 Å². The molecular formula is C21H19FN2OS. The fourth-order valence-electron chi connectivity index (χ4n) is 2.02. The van der Waals surface area contributed by atoms with Gasteiger partial charge in [0.05, 0.1) is 10.6 Å². The summed E-state index contributed by atoms with van der Waals surface area (Å²) in [5, 5.41) is 5.49. The van der Waals surface area contributed by atoms with Gasteiger partial charge in [-0.05, 0) is 51.0 Å². The third kappa shape index (κ3) is 5.83. The molecule has 0 aliphatic heterocycles. The van der Waals surface area contributed by atoms with Gasteiger partial charge in [-0.2, -0.15) is 0 Å². The summed E-state index contributed by atoms with van der Waals surface area (Å²) in [5.74, 6) is 4.52. The molecule has 26 heavy (non-hydrogen) atoms. The lowest BCUT2D eigenvalue weighted by molar-refractivity contribution is -0.112. The first-order valence-corrected chi connectivity index (χ1v) is 8.88. The van der Waals surface area contributed by atoms with Crippen LogP contribution in [0.5, 0.6) is 0 Å². The first-order chi connectivity index (χ1) is 12.5. The van der Waals surface area contributed by atoms with Crippen LogP contribution in [0.1, 0.15) is 23.2 Å². The Morgan fingerprint density at radius 3 is 2.62 bits per heavy atom. The van der Waals surface area contributed by atoms with Gasteiger partial charge >= 0.3 is 0 Å². The number of rotatable bonds is 4. The molecule has 132 valence electrons. The van der Waals surface area contributed by atoms with Gasteiger partial charge in [0.2, 0.25) is 0 Å². The molecule has 0 spiro atoms. The Morgan fingerprint density at radius 1 is 1.27 bits per heavy atom. The third-order valence-corrected chi connectivity index (χ3v) is 4.11. The number of nitrogens with zero attached hydrogens (tertiary/aromatic N) is 1. The van der Waals surface area contributed by atoms with Crippen molar-refractivity contribution in [2.75, 3.05) is 5.32 Å². The predicted octanol–water partition coefficient (Wildman–Crippen LogP) is 5.11. The molecule has 1 heterocycles.